The maximum atomic E-state index is 11.6. The van der Waals surface area contributed by atoms with Gasteiger partial charge in [-0.1, -0.05) is 36.1 Å². The summed E-state index contributed by atoms with van der Waals surface area (Å²) in [6.07, 6.45) is 1.85. The summed E-state index contributed by atoms with van der Waals surface area (Å²) in [5, 5.41) is 10.0. The van der Waals surface area contributed by atoms with Crippen LogP contribution in [0.5, 0.6) is 5.75 Å². The van der Waals surface area contributed by atoms with E-state index < -0.39 is 5.56 Å². The number of nitrogens with zero attached hydrogens (tertiary/aromatic N) is 2. The van der Waals surface area contributed by atoms with Crippen LogP contribution < -0.4 is 11.3 Å². The number of hydrogen-bond donors (Lipinski definition) is 3. The minimum atomic E-state index is -0.557. The van der Waals surface area contributed by atoms with Gasteiger partial charge in [0, 0.05) is 43.2 Å². The molecule has 1 atom stereocenters. The molecule has 0 aliphatic carbocycles. The zero-order valence-corrected chi connectivity index (χ0v) is 18.5. The molecule has 170 valence electrons. The van der Waals surface area contributed by atoms with Crippen molar-refractivity contribution in [3.63, 3.8) is 0 Å². The van der Waals surface area contributed by atoms with Crippen LogP contribution in [0.2, 0.25) is 0 Å². The van der Waals surface area contributed by atoms with Gasteiger partial charge in [-0.15, -0.1) is 0 Å². The van der Waals surface area contributed by atoms with E-state index in [1.54, 1.807) is 0 Å². The van der Waals surface area contributed by atoms with Gasteiger partial charge < -0.3 is 20.6 Å². The third-order valence-electron chi connectivity index (χ3n) is 5.78. The number of aromatic nitrogens is 2. The van der Waals surface area contributed by atoms with E-state index in [-0.39, 0.29) is 18.2 Å². The van der Waals surface area contributed by atoms with Gasteiger partial charge in [0.15, 0.2) is 0 Å². The Morgan fingerprint density at radius 3 is 2.24 bits per heavy atom. The molecule has 0 amide bonds. The van der Waals surface area contributed by atoms with E-state index in [9.17, 15) is 9.90 Å². The number of aromatic hydroxyl groups is 1. The minimum absolute atomic E-state index is 0.250. The summed E-state index contributed by atoms with van der Waals surface area (Å²) in [6, 6.07) is 16.3. The van der Waals surface area contributed by atoms with E-state index >= 15 is 0 Å². The number of hydrogen-bond acceptors (Lipinski definition) is 6. The van der Waals surface area contributed by atoms with Crippen molar-refractivity contribution in [2.75, 3.05) is 32.8 Å². The molecule has 33 heavy (non-hydrogen) atoms. The molecule has 3 aromatic rings. The van der Waals surface area contributed by atoms with E-state index in [0.717, 1.165) is 49.5 Å². The van der Waals surface area contributed by atoms with Crippen molar-refractivity contribution in [2.24, 2.45) is 5.73 Å². The molecule has 1 unspecified atom stereocenters. The first-order valence-electron chi connectivity index (χ1n) is 11.1. The van der Waals surface area contributed by atoms with Gasteiger partial charge in [-0.05, 0) is 41.8 Å². The summed E-state index contributed by atoms with van der Waals surface area (Å²) >= 11 is 0. The lowest BCUT2D eigenvalue weighted by Gasteiger charge is -2.26. The number of aromatic amines is 1. The highest BCUT2D eigenvalue weighted by Crippen LogP contribution is 2.23. The highest BCUT2D eigenvalue weighted by atomic mass is 16.5. The van der Waals surface area contributed by atoms with Gasteiger partial charge >= 0.3 is 0 Å². The molecule has 1 aliphatic heterocycles. The van der Waals surface area contributed by atoms with Crippen LogP contribution in [0, 0.1) is 11.8 Å². The number of nitrogens with two attached hydrogens (primary N) is 1. The van der Waals surface area contributed by atoms with E-state index in [1.807, 2.05) is 24.3 Å². The fraction of sp³-hybridized carbons (Fsp3) is 0.308. The van der Waals surface area contributed by atoms with Crippen molar-refractivity contribution < 1.29 is 9.84 Å². The fourth-order valence-electron chi connectivity index (χ4n) is 3.86. The zero-order valence-electron chi connectivity index (χ0n) is 18.5. The summed E-state index contributed by atoms with van der Waals surface area (Å²) in [4.78, 5) is 20.5. The summed E-state index contributed by atoms with van der Waals surface area (Å²) in [7, 11) is 0. The molecule has 7 heteroatoms. The van der Waals surface area contributed by atoms with Crippen LogP contribution in [0.25, 0.3) is 0 Å². The number of H-pyrrole nitrogens is 1. The number of benzene rings is 2. The van der Waals surface area contributed by atoms with Crippen molar-refractivity contribution in [3.8, 4) is 17.6 Å². The van der Waals surface area contributed by atoms with Crippen LogP contribution in [-0.2, 0) is 17.7 Å². The Labute approximate surface area is 193 Å². The monoisotopic (exact) mass is 444 g/mol. The van der Waals surface area contributed by atoms with Gasteiger partial charge in [0.25, 0.3) is 5.56 Å². The number of nitrogens with one attached hydrogen (secondary N) is 1. The van der Waals surface area contributed by atoms with E-state index in [0.29, 0.717) is 12.1 Å². The molecule has 4 N–H and O–H groups in total. The van der Waals surface area contributed by atoms with Gasteiger partial charge in [-0.2, -0.15) is 0 Å². The normalized spacial score (nSPS) is 14.9. The Balaban J connectivity index is 1.38. The third kappa shape index (κ3) is 6.08. The second-order valence-corrected chi connectivity index (χ2v) is 8.13. The average molecular weight is 445 g/mol. The Kier molecular flexibility index (Phi) is 7.53. The summed E-state index contributed by atoms with van der Waals surface area (Å²) in [5.41, 5.74) is 9.85. The number of rotatable bonds is 6. The molecule has 1 saturated heterocycles. The molecule has 2 heterocycles. The van der Waals surface area contributed by atoms with E-state index in [4.69, 9.17) is 10.5 Å². The predicted octanol–water partition coefficient (Wildman–Crippen LogP) is 1.99. The van der Waals surface area contributed by atoms with E-state index in [2.05, 4.69) is 51.0 Å². The maximum absolute atomic E-state index is 11.6. The molecule has 1 aliphatic rings. The largest absolute Gasteiger partial charge is 0.502 e. The Hall–Kier alpha value is -3.44. The molecular formula is C26H28N4O3. The summed E-state index contributed by atoms with van der Waals surface area (Å²) in [6.45, 7) is 4.77. The Bertz CT molecular complexity index is 1170. The standard InChI is InChI=1S/C26H28N4O3/c27-16-23(24-25(31)26(32)29-18-28-24)15-21-7-3-19(4-8-21)1-2-20-5-9-22(10-6-20)17-30-11-13-33-14-12-30/h3-10,18,23,31H,11-17,27H2,(H,28,29,32). The second kappa shape index (κ2) is 10.9. The fourth-order valence-corrected chi connectivity index (χ4v) is 3.86. The van der Waals surface area contributed by atoms with Crippen molar-refractivity contribution in [1.29, 1.82) is 0 Å². The molecule has 0 saturated carbocycles. The maximum Gasteiger partial charge on any atom is 0.293 e. The molecule has 4 rings (SSSR count). The molecule has 2 aromatic carbocycles. The van der Waals surface area contributed by atoms with Gasteiger partial charge in [-0.25, -0.2) is 4.98 Å². The van der Waals surface area contributed by atoms with Crippen molar-refractivity contribution >= 4 is 0 Å². The summed E-state index contributed by atoms with van der Waals surface area (Å²) in [5.74, 6) is 5.80. The number of morpholine rings is 1. The Morgan fingerprint density at radius 2 is 1.64 bits per heavy atom. The first kappa shape index (κ1) is 22.7. The van der Waals surface area contributed by atoms with Crippen LogP contribution in [0.4, 0.5) is 0 Å². The molecule has 1 fully saturated rings. The molecule has 0 radical (unpaired) electrons. The second-order valence-electron chi connectivity index (χ2n) is 8.13. The van der Waals surface area contributed by atoms with Crippen LogP contribution in [0.3, 0.4) is 0 Å². The minimum Gasteiger partial charge on any atom is -0.502 e. The lowest BCUT2D eigenvalue weighted by molar-refractivity contribution is 0.0342. The topological polar surface area (TPSA) is 104 Å². The van der Waals surface area contributed by atoms with E-state index in [1.165, 1.54) is 11.9 Å². The summed E-state index contributed by atoms with van der Waals surface area (Å²) < 4.78 is 5.40. The van der Waals surface area contributed by atoms with Crippen LogP contribution in [0.15, 0.2) is 59.7 Å². The Morgan fingerprint density at radius 1 is 1.03 bits per heavy atom. The van der Waals surface area contributed by atoms with Crippen LogP contribution in [-0.4, -0.2) is 52.8 Å². The smallest absolute Gasteiger partial charge is 0.293 e. The highest BCUT2D eigenvalue weighted by Gasteiger charge is 2.18. The van der Waals surface area contributed by atoms with Crippen molar-refractivity contribution in [2.45, 2.75) is 18.9 Å². The zero-order chi connectivity index (χ0) is 23.0. The van der Waals surface area contributed by atoms with Gasteiger partial charge in [0.2, 0.25) is 5.75 Å². The SMILES string of the molecule is NCC(Cc1ccc(C#Cc2ccc(CN3CCOCC3)cc2)cc1)c1nc[nH]c(=O)c1O. The average Bonchev–Trinajstić information content (AvgIpc) is 2.85. The van der Waals surface area contributed by atoms with Crippen molar-refractivity contribution in [3.05, 3.63) is 93.2 Å². The first-order chi connectivity index (χ1) is 16.1. The number of ether oxygens (including phenoxy) is 1. The third-order valence-corrected chi connectivity index (χ3v) is 5.78. The highest BCUT2D eigenvalue weighted by molar-refractivity contribution is 5.44. The van der Waals surface area contributed by atoms with Crippen LogP contribution >= 0.6 is 0 Å². The van der Waals surface area contributed by atoms with Crippen LogP contribution in [0.1, 0.15) is 33.9 Å². The van der Waals surface area contributed by atoms with Gasteiger partial charge in [0.05, 0.1) is 25.2 Å². The lowest BCUT2D eigenvalue weighted by Crippen LogP contribution is -2.35. The molecular weight excluding hydrogens is 416 g/mol. The van der Waals surface area contributed by atoms with Gasteiger partial charge in [-0.3, -0.25) is 9.69 Å². The van der Waals surface area contributed by atoms with Gasteiger partial charge in [0.1, 0.15) is 0 Å². The first-order valence-corrected chi connectivity index (χ1v) is 11.1. The molecule has 0 spiro atoms. The molecule has 1 aromatic heterocycles. The predicted molar refractivity (Wildman–Crippen MR) is 127 cm³/mol. The molecule has 7 nitrogen and oxygen atoms in total. The quantitative estimate of drug-likeness (QED) is 0.503. The lowest BCUT2D eigenvalue weighted by atomic mass is 9.95. The molecule has 0 bridgehead atoms. The van der Waals surface area contributed by atoms with Crippen molar-refractivity contribution in [1.82, 2.24) is 14.9 Å².